The summed E-state index contributed by atoms with van der Waals surface area (Å²) in [4.78, 5) is 11.6. The molecule has 0 aliphatic heterocycles. The second kappa shape index (κ2) is 3.85. The molecule has 0 radical (unpaired) electrons. The maximum absolute atomic E-state index is 11.6. The number of Topliss-reactive ketones (excluding diaryl/α,β-unsaturated/α-hetero) is 1. The number of aliphatic hydroxyl groups excluding tert-OH is 1. The van der Waals surface area contributed by atoms with Crippen LogP contribution in [0.4, 0.5) is 0 Å². The molecule has 2 heteroatoms. The van der Waals surface area contributed by atoms with E-state index >= 15 is 0 Å². The predicted molar refractivity (Wildman–Crippen MR) is 56.9 cm³/mol. The van der Waals surface area contributed by atoms with E-state index in [1.54, 1.807) is 0 Å². The Bertz CT molecular complexity index is 261. The zero-order chi connectivity index (χ0) is 10.9. The minimum absolute atomic E-state index is 0.0651. The van der Waals surface area contributed by atoms with Crippen molar-refractivity contribution >= 4 is 5.78 Å². The molecule has 0 spiro atoms. The van der Waals surface area contributed by atoms with Crippen LogP contribution in [0.1, 0.15) is 40.5 Å². The Morgan fingerprint density at radius 3 is 2.43 bits per heavy atom. The van der Waals surface area contributed by atoms with E-state index in [4.69, 9.17) is 0 Å². The molecule has 0 amide bonds. The van der Waals surface area contributed by atoms with E-state index in [1.165, 1.54) is 0 Å². The van der Waals surface area contributed by atoms with Crippen LogP contribution in [0.5, 0.6) is 0 Å². The number of carbonyl (C=O) groups is 1. The van der Waals surface area contributed by atoms with Crippen LogP contribution in [-0.2, 0) is 4.79 Å². The molecular formula is C12H20O2. The van der Waals surface area contributed by atoms with Crippen LogP contribution in [-0.4, -0.2) is 17.0 Å². The molecule has 0 saturated carbocycles. The van der Waals surface area contributed by atoms with Crippen molar-refractivity contribution in [2.45, 2.75) is 46.6 Å². The average molecular weight is 196 g/mol. The highest BCUT2D eigenvalue weighted by Gasteiger charge is 2.33. The number of aliphatic hydroxyl groups is 1. The summed E-state index contributed by atoms with van der Waals surface area (Å²) >= 11 is 0. The molecule has 1 aliphatic rings. The number of ketones is 1. The number of allylic oxidation sites excluding steroid dienone is 1. The summed E-state index contributed by atoms with van der Waals surface area (Å²) in [5, 5.41) is 9.83. The Morgan fingerprint density at radius 1 is 1.50 bits per heavy atom. The maximum Gasteiger partial charge on any atom is 0.162 e. The van der Waals surface area contributed by atoms with E-state index in [-0.39, 0.29) is 11.2 Å². The fraction of sp³-hybridized carbons (Fsp3) is 0.750. The van der Waals surface area contributed by atoms with Crippen molar-refractivity contribution in [1.82, 2.24) is 0 Å². The Balaban J connectivity index is 2.73. The summed E-state index contributed by atoms with van der Waals surface area (Å²) in [6.45, 7) is 8.16. The largest absolute Gasteiger partial charge is 0.388 e. The molecule has 1 aliphatic carbocycles. The molecule has 0 aromatic heterocycles. The third kappa shape index (κ3) is 2.68. The van der Waals surface area contributed by atoms with Gasteiger partial charge in [0.1, 0.15) is 0 Å². The predicted octanol–water partition coefficient (Wildman–Crippen LogP) is 2.32. The van der Waals surface area contributed by atoms with Gasteiger partial charge in [-0.2, -0.15) is 0 Å². The quantitative estimate of drug-likeness (QED) is 0.752. The standard InChI is InChI=1S/C12H20O2/c1-8(2)5-10(13)9-6-12(3,4)7-11(9)14/h6,8,10,13H,5,7H2,1-4H3. The van der Waals surface area contributed by atoms with Crippen molar-refractivity contribution in [3.63, 3.8) is 0 Å². The molecule has 0 aromatic rings. The molecule has 0 saturated heterocycles. The number of hydrogen-bond acceptors (Lipinski definition) is 2. The highest BCUT2D eigenvalue weighted by atomic mass is 16.3. The van der Waals surface area contributed by atoms with Gasteiger partial charge in [0.05, 0.1) is 6.10 Å². The van der Waals surface area contributed by atoms with E-state index in [0.717, 1.165) is 0 Å². The van der Waals surface area contributed by atoms with E-state index < -0.39 is 6.10 Å². The van der Waals surface area contributed by atoms with Gasteiger partial charge in [0.15, 0.2) is 5.78 Å². The third-order valence-electron chi connectivity index (χ3n) is 2.54. The van der Waals surface area contributed by atoms with Gasteiger partial charge in [-0.1, -0.05) is 33.8 Å². The fourth-order valence-corrected chi connectivity index (χ4v) is 1.92. The lowest BCUT2D eigenvalue weighted by atomic mass is 9.93. The van der Waals surface area contributed by atoms with Gasteiger partial charge in [-0.05, 0) is 17.8 Å². The van der Waals surface area contributed by atoms with E-state index in [0.29, 0.717) is 24.3 Å². The highest BCUT2D eigenvalue weighted by molar-refractivity contribution is 5.99. The van der Waals surface area contributed by atoms with Gasteiger partial charge in [-0.25, -0.2) is 0 Å². The molecule has 1 unspecified atom stereocenters. The van der Waals surface area contributed by atoms with Crippen molar-refractivity contribution in [2.75, 3.05) is 0 Å². The summed E-state index contributed by atoms with van der Waals surface area (Å²) in [5.41, 5.74) is 0.563. The lowest BCUT2D eigenvalue weighted by molar-refractivity contribution is -0.116. The molecular weight excluding hydrogens is 176 g/mol. The lowest BCUT2D eigenvalue weighted by Crippen LogP contribution is -2.17. The summed E-state index contributed by atoms with van der Waals surface area (Å²) in [6.07, 6.45) is 2.58. The van der Waals surface area contributed by atoms with Gasteiger partial charge in [-0.15, -0.1) is 0 Å². The molecule has 1 N–H and O–H groups in total. The van der Waals surface area contributed by atoms with E-state index in [2.05, 4.69) is 0 Å². The second-order valence-electron chi connectivity index (χ2n) is 5.33. The Morgan fingerprint density at radius 2 is 2.07 bits per heavy atom. The lowest BCUT2D eigenvalue weighted by Gasteiger charge is -2.13. The first-order valence-electron chi connectivity index (χ1n) is 5.26. The van der Waals surface area contributed by atoms with Crippen molar-refractivity contribution in [3.05, 3.63) is 11.6 Å². The van der Waals surface area contributed by atoms with Crippen molar-refractivity contribution in [2.24, 2.45) is 11.3 Å². The number of hydrogen-bond donors (Lipinski definition) is 1. The molecule has 80 valence electrons. The Hall–Kier alpha value is -0.630. The smallest absolute Gasteiger partial charge is 0.162 e. The van der Waals surface area contributed by atoms with Gasteiger partial charge in [-0.3, -0.25) is 4.79 Å². The van der Waals surface area contributed by atoms with Gasteiger partial charge in [0.2, 0.25) is 0 Å². The summed E-state index contributed by atoms with van der Waals surface area (Å²) < 4.78 is 0. The molecule has 0 bridgehead atoms. The second-order valence-corrected chi connectivity index (χ2v) is 5.33. The maximum atomic E-state index is 11.6. The van der Waals surface area contributed by atoms with Crippen LogP contribution in [0.3, 0.4) is 0 Å². The van der Waals surface area contributed by atoms with Crippen LogP contribution in [0.25, 0.3) is 0 Å². The first kappa shape index (κ1) is 11.4. The van der Waals surface area contributed by atoms with Gasteiger partial charge in [0, 0.05) is 12.0 Å². The van der Waals surface area contributed by atoms with E-state index in [1.807, 2.05) is 33.8 Å². The van der Waals surface area contributed by atoms with Crippen LogP contribution in [0.15, 0.2) is 11.6 Å². The Labute approximate surface area is 86.0 Å². The van der Waals surface area contributed by atoms with Gasteiger partial charge in [0.25, 0.3) is 0 Å². The van der Waals surface area contributed by atoms with Crippen molar-refractivity contribution < 1.29 is 9.90 Å². The summed E-state index contributed by atoms with van der Waals surface area (Å²) in [7, 11) is 0. The molecule has 1 rings (SSSR count). The van der Waals surface area contributed by atoms with Crippen LogP contribution >= 0.6 is 0 Å². The van der Waals surface area contributed by atoms with Gasteiger partial charge >= 0.3 is 0 Å². The minimum atomic E-state index is -0.565. The molecule has 0 heterocycles. The fourth-order valence-electron chi connectivity index (χ4n) is 1.92. The van der Waals surface area contributed by atoms with Crippen molar-refractivity contribution in [3.8, 4) is 0 Å². The van der Waals surface area contributed by atoms with Crippen LogP contribution < -0.4 is 0 Å². The average Bonchev–Trinajstić information content (AvgIpc) is 2.23. The Kier molecular flexibility index (Phi) is 3.15. The normalized spacial score (nSPS) is 22.7. The third-order valence-corrected chi connectivity index (χ3v) is 2.54. The summed E-state index contributed by atoms with van der Waals surface area (Å²) in [6, 6.07) is 0. The first-order valence-corrected chi connectivity index (χ1v) is 5.26. The molecule has 14 heavy (non-hydrogen) atoms. The molecule has 1 atom stereocenters. The van der Waals surface area contributed by atoms with E-state index in [9.17, 15) is 9.90 Å². The minimum Gasteiger partial charge on any atom is -0.388 e. The first-order chi connectivity index (χ1) is 6.32. The van der Waals surface area contributed by atoms with Crippen LogP contribution in [0, 0.1) is 11.3 Å². The summed E-state index contributed by atoms with van der Waals surface area (Å²) in [5.74, 6) is 0.533. The molecule has 0 aromatic carbocycles. The number of rotatable bonds is 3. The molecule has 2 nitrogen and oxygen atoms in total. The zero-order valence-electron chi connectivity index (χ0n) is 9.50. The SMILES string of the molecule is CC(C)CC(O)C1=CC(C)(C)CC1=O. The monoisotopic (exact) mass is 196 g/mol. The van der Waals surface area contributed by atoms with Crippen molar-refractivity contribution in [1.29, 1.82) is 0 Å². The van der Waals surface area contributed by atoms with Gasteiger partial charge < -0.3 is 5.11 Å². The van der Waals surface area contributed by atoms with Crippen LogP contribution in [0.2, 0.25) is 0 Å². The zero-order valence-corrected chi connectivity index (χ0v) is 9.50. The topological polar surface area (TPSA) is 37.3 Å². The molecule has 0 fully saturated rings. The highest BCUT2D eigenvalue weighted by Crippen LogP contribution is 2.34. The number of carbonyl (C=O) groups excluding carboxylic acids is 1.